The first kappa shape index (κ1) is 20.6. The van der Waals surface area contributed by atoms with Crippen LogP contribution in [0.4, 0.5) is 0 Å². The van der Waals surface area contributed by atoms with Crippen LogP contribution < -0.4 is 5.32 Å². The fourth-order valence-electron chi connectivity index (χ4n) is 3.83. The van der Waals surface area contributed by atoms with Gasteiger partial charge >= 0.3 is 0 Å². The molecule has 0 radical (unpaired) electrons. The molecule has 1 heterocycles. The Morgan fingerprint density at radius 3 is 2.10 bits per heavy atom. The topological polar surface area (TPSA) is 46.9 Å². The molecule has 4 heteroatoms. The van der Waals surface area contributed by atoms with E-state index in [2.05, 4.69) is 12.2 Å². The highest BCUT2D eigenvalue weighted by molar-refractivity contribution is 6.01. The Labute approximate surface area is 183 Å². The first-order valence-corrected chi connectivity index (χ1v) is 10.8. The van der Waals surface area contributed by atoms with Crippen molar-refractivity contribution >= 4 is 5.91 Å². The van der Waals surface area contributed by atoms with Gasteiger partial charge in [0.15, 0.2) is 0 Å². The molecule has 0 aliphatic carbocycles. The minimum atomic E-state index is -0.105. The molecule has 4 nitrogen and oxygen atoms in total. The lowest BCUT2D eigenvalue weighted by molar-refractivity contribution is 0.0939. The molecule has 1 N–H and O–H groups in total. The lowest BCUT2D eigenvalue weighted by Crippen LogP contribution is -2.28. The number of rotatable bonds is 7. The van der Waals surface area contributed by atoms with Crippen LogP contribution in [0.3, 0.4) is 0 Å². The van der Waals surface area contributed by atoms with Crippen LogP contribution in [-0.2, 0) is 6.42 Å². The molecule has 1 aromatic heterocycles. The molecule has 3 aromatic carbocycles. The second-order valence-electron chi connectivity index (χ2n) is 7.64. The summed E-state index contributed by atoms with van der Waals surface area (Å²) >= 11 is 0. The molecule has 0 fully saturated rings. The summed E-state index contributed by atoms with van der Waals surface area (Å²) in [6.45, 7) is 4.13. The van der Waals surface area contributed by atoms with E-state index in [1.165, 1.54) is 0 Å². The van der Waals surface area contributed by atoms with Gasteiger partial charge in [-0.05, 0) is 31.0 Å². The third kappa shape index (κ3) is 4.43. The van der Waals surface area contributed by atoms with E-state index in [-0.39, 0.29) is 11.9 Å². The SMILES string of the molecule is CCCc1c(C(=O)N[C@@H](C)c2ccccc2)c(-c2ccccc2)nn1-c1ccccc1. The Morgan fingerprint density at radius 1 is 0.903 bits per heavy atom. The summed E-state index contributed by atoms with van der Waals surface area (Å²) in [7, 11) is 0. The van der Waals surface area contributed by atoms with Crippen LogP contribution >= 0.6 is 0 Å². The van der Waals surface area contributed by atoms with Crippen molar-refractivity contribution < 1.29 is 4.79 Å². The lowest BCUT2D eigenvalue weighted by atomic mass is 10.0. The van der Waals surface area contributed by atoms with Gasteiger partial charge < -0.3 is 5.32 Å². The minimum absolute atomic E-state index is 0.0964. The van der Waals surface area contributed by atoms with Gasteiger partial charge in [-0.3, -0.25) is 4.79 Å². The summed E-state index contributed by atoms with van der Waals surface area (Å²) in [6.07, 6.45) is 1.68. The van der Waals surface area contributed by atoms with Gasteiger partial charge in [0.05, 0.1) is 23.0 Å². The van der Waals surface area contributed by atoms with Crippen molar-refractivity contribution in [1.82, 2.24) is 15.1 Å². The van der Waals surface area contributed by atoms with Gasteiger partial charge in [0.2, 0.25) is 0 Å². The fraction of sp³-hybridized carbons (Fsp3) is 0.185. The maximum absolute atomic E-state index is 13.6. The van der Waals surface area contributed by atoms with Gasteiger partial charge in [0.25, 0.3) is 5.91 Å². The Bertz CT molecular complexity index is 1140. The van der Waals surface area contributed by atoms with E-state index in [1.54, 1.807) is 0 Å². The fourth-order valence-corrected chi connectivity index (χ4v) is 3.83. The molecule has 156 valence electrons. The number of hydrogen-bond acceptors (Lipinski definition) is 2. The highest BCUT2D eigenvalue weighted by atomic mass is 16.1. The molecule has 31 heavy (non-hydrogen) atoms. The molecule has 1 amide bonds. The number of hydrogen-bond donors (Lipinski definition) is 1. The second-order valence-corrected chi connectivity index (χ2v) is 7.64. The Hall–Kier alpha value is -3.66. The van der Waals surface area contributed by atoms with Crippen molar-refractivity contribution in [2.75, 3.05) is 0 Å². The standard InChI is InChI=1S/C27H27N3O/c1-3-13-24-25(27(31)28-20(2)21-14-7-4-8-15-21)26(22-16-9-5-10-17-22)29-30(24)23-18-11-6-12-19-23/h4-12,14-20H,3,13H2,1-2H3,(H,28,31)/t20-/m0/s1. The normalized spacial score (nSPS) is 11.8. The number of carbonyl (C=O) groups excluding carboxylic acids is 1. The third-order valence-electron chi connectivity index (χ3n) is 5.39. The molecule has 0 aliphatic heterocycles. The molecule has 0 aliphatic rings. The van der Waals surface area contributed by atoms with Crippen molar-refractivity contribution in [3.05, 3.63) is 108 Å². The van der Waals surface area contributed by atoms with E-state index >= 15 is 0 Å². The molecule has 0 unspecified atom stereocenters. The van der Waals surface area contributed by atoms with E-state index in [1.807, 2.05) is 103 Å². The van der Waals surface area contributed by atoms with Gasteiger partial charge in [0, 0.05) is 5.56 Å². The molecular weight excluding hydrogens is 382 g/mol. The van der Waals surface area contributed by atoms with E-state index in [9.17, 15) is 4.79 Å². The van der Waals surface area contributed by atoms with Crippen molar-refractivity contribution in [2.45, 2.75) is 32.7 Å². The number of para-hydroxylation sites is 1. The number of nitrogens with zero attached hydrogens (tertiary/aromatic N) is 2. The smallest absolute Gasteiger partial charge is 0.255 e. The van der Waals surface area contributed by atoms with Gasteiger partial charge in [0.1, 0.15) is 5.69 Å². The number of carbonyl (C=O) groups is 1. The number of nitrogens with one attached hydrogen (secondary N) is 1. The summed E-state index contributed by atoms with van der Waals surface area (Å²) in [5.41, 5.74) is 5.27. The predicted octanol–water partition coefficient (Wildman–Crippen LogP) is 5.98. The zero-order chi connectivity index (χ0) is 21.6. The summed E-state index contributed by atoms with van der Waals surface area (Å²) in [6, 6.07) is 29.9. The average Bonchev–Trinajstić information content (AvgIpc) is 3.20. The summed E-state index contributed by atoms with van der Waals surface area (Å²) in [5.74, 6) is -0.0964. The molecule has 0 spiro atoms. The van der Waals surface area contributed by atoms with Crippen LogP contribution in [0.1, 0.15) is 47.9 Å². The van der Waals surface area contributed by atoms with E-state index in [0.717, 1.165) is 35.3 Å². The largest absolute Gasteiger partial charge is 0.345 e. The van der Waals surface area contributed by atoms with Gasteiger partial charge in [-0.2, -0.15) is 5.10 Å². The molecule has 4 rings (SSSR count). The average molecular weight is 410 g/mol. The Balaban J connectivity index is 1.82. The van der Waals surface area contributed by atoms with E-state index in [4.69, 9.17) is 5.10 Å². The molecule has 1 atom stereocenters. The summed E-state index contributed by atoms with van der Waals surface area (Å²) in [4.78, 5) is 13.6. The third-order valence-corrected chi connectivity index (χ3v) is 5.39. The van der Waals surface area contributed by atoms with Gasteiger partial charge in [-0.1, -0.05) is 92.2 Å². The highest BCUT2D eigenvalue weighted by Crippen LogP contribution is 2.29. The van der Waals surface area contributed by atoms with Crippen LogP contribution in [0.15, 0.2) is 91.0 Å². The zero-order valence-corrected chi connectivity index (χ0v) is 18.0. The quantitative estimate of drug-likeness (QED) is 0.408. The van der Waals surface area contributed by atoms with Gasteiger partial charge in [-0.25, -0.2) is 4.68 Å². The summed E-state index contributed by atoms with van der Waals surface area (Å²) < 4.78 is 1.92. The minimum Gasteiger partial charge on any atom is -0.345 e. The van der Waals surface area contributed by atoms with Crippen molar-refractivity contribution in [3.63, 3.8) is 0 Å². The highest BCUT2D eigenvalue weighted by Gasteiger charge is 2.26. The van der Waals surface area contributed by atoms with Crippen molar-refractivity contribution in [2.24, 2.45) is 0 Å². The Morgan fingerprint density at radius 2 is 1.48 bits per heavy atom. The van der Waals surface area contributed by atoms with E-state index < -0.39 is 0 Å². The number of benzene rings is 3. The second kappa shape index (κ2) is 9.43. The lowest BCUT2D eigenvalue weighted by Gasteiger charge is -2.15. The predicted molar refractivity (Wildman–Crippen MR) is 125 cm³/mol. The Kier molecular flexibility index (Phi) is 6.27. The van der Waals surface area contributed by atoms with Crippen LogP contribution in [0, 0.1) is 0 Å². The van der Waals surface area contributed by atoms with Crippen molar-refractivity contribution in [1.29, 1.82) is 0 Å². The molecule has 4 aromatic rings. The molecule has 0 saturated carbocycles. The van der Waals surface area contributed by atoms with Gasteiger partial charge in [-0.15, -0.1) is 0 Å². The van der Waals surface area contributed by atoms with Crippen molar-refractivity contribution in [3.8, 4) is 16.9 Å². The van der Waals surface area contributed by atoms with E-state index in [0.29, 0.717) is 11.3 Å². The molecule has 0 bridgehead atoms. The number of aromatic nitrogens is 2. The zero-order valence-electron chi connectivity index (χ0n) is 18.0. The first-order chi connectivity index (χ1) is 15.2. The summed E-state index contributed by atoms with van der Waals surface area (Å²) in [5, 5.41) is 8.12. The van der Waals surface area contributed by atoms with Crippen LogP contribution in [0.5, 0.6) is 0 Å². The monoisotopic (exact) mass is 409 g/mol. The van der Waals surface area contributed by atoms with Crippen LogP contribution in [-0.4, -0.2) is 15.7 Å². The molecular formula is C27H27N3O. The number of amides is 1. The first-order valence-electron chi connectivity index (χ1n) is 10.8. The van der Waals surface area contributed by atoms with Crippen LogP contribution in [0.2, 0.25) is 0 Å². The van der Waals surface area contributed by atoms with Crippen LogP contribution in [0.25, 0.3) is 16.9 Å². The maximum atomic E-state index is 13.6. The maximum Gasteiger partial charge on any atom is 0.255 e. The molecule has 0 saturated heterocycles.